The van der Waals surface area contributed by atoms with E-state index in [0.717, 1.165) is 44.6 Å². The first-order valence-electron chi connectivity index (χ1n) is 7.53. The molecular formula is C16H24ClFN2. The summed E-state index contributed by atoms with van der Waals surface area (Å²) in [6.45, 7) is 8.26. The largest absolute Gasteiger partial charge is 0.314 e. The zero-order valence-corrected chi connectivity index (χ0v) is 13.1. The number of benzene rings is 1. The molecular weight excluding hydrogens is 275 g/mol. The number of nitrogens with one attached hydrogen (secondary N) is 1. The van der Waals surface area contributed by atoms with Crippen molar-refractivity contribution in [3.8, 4) is 0 Å². The van der Waals surface area contributed by atoms with Crippen molar-refractivity contribution in [1.82, 2.24) is 10.2 Å². The van der Waals surface area contributed by atoms with Crippen LogP contribution in [0.3, 0.4) is 0 Å². The van der Waals surface area contributed by atoms with Gasteiger partial charge in [0.15, 0.2) is 0 Å². The van der Waals surface area contributed by atoms with Crippen LogP contribution in [0.25, 0.3) is 0 Å². The molecule has 0 aliphatic carbocycles. The lowest BCUT2D eigenvalue weighted by Crippen LogP contribution is -2.46. The second kappa shape index (κ2) is 7.39. The molecule has 112 valence electrons. The minimum atomic E-state index is -0.249. The summed E-state index contributed by atoms with van der Waals surface area (Å²) in [6, 6.07) is 5.49. The highest BCUT2D eigenvalue weighted by Crippen LogP contribution is 2.35. The minimum absolute atomic E-state index is 0.121. The topological polar surface area (TPSA) is 15.3 Å². The van der Waals surface area contributed by atoms with Crippen LogP contribution >= 0.6 is 11.6 Å². The van der Waals surface area contributed by atoms with Gasteiger partial charge in [0.25, 0.3) is 0 Å². The molecule has 0 saturated carbocycles. The molecule has 4 heteroatoms. The van der Waals surface area contributed by atoms with Gasteiger partial charge in [0.1, 0.15) is 5.82 Å². The summed E-state index contributed by atoms with van der Waals surface area (Å²) in [4.78, 5) is 2.39. The van der Waals surface area contributed by atoms with Crippen LogP contribution in [0.1, 0.15) is 38.3 Å². The smallest absolute Gasteiger partial charge is 0.146 e. The van der Waals surface area contributed by atoms with Crippen LogP contribution in [0, 0.1) is 11.7 Å². The Labute approximate surface area is 126 Å². The molecule has 0 spiro atoms. The average Bonchev–Trinajstić information content (AvgIpc) is 2.45. The predicted molar refractivity (Wildman–Crippen MR) is 82.7 cm³/mol. The molecule has 1 unspecified atom stereocenters. The van der Waals surface area contributed by atoms with Crippen LogP contribution in [-0.4, -0.2) is 31.1 Å². The van der Waals surface area contributed by atoms with E-state index in [-0.39, 0.29) is 16.9 Å². The Hall–Kier alpha value is -0.640. The van der Waals surface area contributed by atoms with Gasteiger partial charge in [-0.05, 0) is 18.4 Å². The molecule has 2 nitrogen and oxygen atoms in total. The minimum Gasteiger partial charge on any atom is -0.314 e. The second-order valence-corrected chi connectivity index (χ2v) is 6.05. The molecule has 1 N–H and O–H groups in total. The molecule has 0 aromatic heterocycles. The molecule has 2 rings (SSSR count). The summed E-state index contributed by atoms with van der Waals surface area (Å²) in [5.41, 5.74) is 0.750. The quantitative estimate of drug-likeness (QED) is 0.888. The lowest BCUT2D eigenvalue weighted by molar-refractivity contribution is 0.123. The van der Waals surface area contributed by atoms with Crippen LogP contribution in [-0.2, 0) is 0 Å². The predicted octanol–water partition coefficient (Wildman–Crippen LogP) is 3.86. The Kier molecular flexibility index (Phi) is 5.82. The van der Waals surface area contributed by atoms with Crippen molar-refractivity contribution >= 4 is 11.6 Å². The molecule has 1 saturated heterocycles. The summed E-state index contributed by atoms with van der Waals surface area (Å²) >= 11 is 5.97. The zero-order chi connectivity index (χ0) is 14.5. The standard InChI is InChI=1S/C16H24ClFN2/c1-3-5-12(2)16(20-10-8-19-9-11-20)13-6-4-7-14(17)15(13)18/h4,6-7,12,16,19H,3,5,8-11H2,1-2H3/t12?,16-/m1/s1. The third kappa shape index (κ3) is 3.51. The molecule has 0 radical (unpaired) electrons. The maximum atomic E-state index is 14.4. The van der Waals surface area contributed by atoms with Crippen LogP contribution in [0.2, 0.25) is 5.02 Å². The van der Waals surface area contributed by atoms with E-state index in [0.29, 0.717) is 5.92 Å². The highest BCUT2D eigenvalue weighted by atomic mass is 35.5. The monoisotopic (exact) mass is 298 g/mol. The first kappa shape index (κ1) is 15.7. The number of halogens is 2. The van der Waals surface area contributed by atoms with Crippen LogP contribution in [0.4, 0.5) is 4.39 Å². The third-order valence-corrected chi connectivity index (χ3v) is 4.42. The Balaban J connectivity index is 2.31. The Morgan fingerprint density at radius 3 is 2.70 bits per heavy atom. The normalized spacial score (nSPS) is 19.8. The first-order valence-corrected chi connectivity index (χ1v) is 7.91. The number of rotatable bonds is 5. The first-order chi connectivity index (χ1) is 9.65. The fourth-order valence-electron chi connectivity index (χ4n) is 3.19. The Morgan fingerprint density at radius 2 is 2.05 bits per heavy atom. The highest BCUT2D eigenvalue weighted by Gasteiger charge is 2.29. The van der Waals surface area contributed by atoms with E-state index in [4.69, 9.17) is 11.6 Å². The number of piperazine rings is 1. The van der Waals surface area contributed by atoms with Gasteiger partial charge in [-0.3, -0.25) is 4.90 Å². The van der Waals surface area contributed by atoms with Crippen LogP contribution < -0.4 is 5.32 Å². The van der Waals surface area contributed by atoms with Gasteiger partial charge < -0.3 is 5.32 Å². The van der Waals surface area contributed by atoms with Gasteiger partial charge in [-0.2, -0.15) is 0 Å². The van der Waals surface area contributed by atoms with Gasteiger partial charge in [-0.1, -0.05) is 44.0 Å². The van der Waals surface area contributed by atoms with E-state index >= 15 is 0 Å². The summed E-state index contributed by atoms with van der Waals surface area (Å²) in [7, 11) is 0. The van der Waals surface area contributed by atoms with E-state index in [1.54, 1.807) is 6.07 Å². The summed E-state index contributed by atoms with van der Waals surface area (Å²) in [5.74, 6) is 0.173. The number of hydrogen-bond donors (Lipinski definition) is 1. The highest BCUT2D eigenvalue weighted by molar-refractivity contribution is 6.30. The van der Waals surface area contributed by atoms with Crippen molar-refractivity contribution < 1.29 is 4.39 Å². The summed E-state index contributed by atoms with van der Waals surface area (Å²) < 4.78 is 14.4. The zero-order valence-electron chi connectivity index (χ0n) is 12.3. The van der Waals surface area contributed by atoms with Crippen molar-refractivity contribution in [2.24, 2.45) is 5.92 Å². The van der Waals surface area contributed by atoms with E-state index in [9.17, 15) is 4.39 Å². The Morgan fingerprint density at radius 1 is 1.35 bits per heavy atom. The lowest BCUT2D eigenvalue weighted by atomic mass is 9.89. The Bertz CT molecular complexity index is 432. The fourth-order valence-corrected chi connectivity index (χ4v) is 3.37. The molecule has 1 heterocycles. The fraction of sp³-hybridized carbons (Fsp3) is 0.625. The van der Waals surface area contributed by atoms with Gasteiger partial charge in [-0.15, -0.1) is 0 Å². The van der Waals surface area contributed by atoms with Crippen LogP contribution in [0.15, 0.2) is 18.2 Å². The molecule has 0 bridgehead atoms. The van der Waals surface area contributed by atoms with E-state index in [2.05, 4.69) is 24.1 Å². The van der Waals surface area contributed by atoms with Crippen molar-refractivity contribution in [2.75, 3.05) is 26.2 Å². The lowest BCUT2D eigenvalue weighted by Gasteiger charge is -2.39. The molecule has 20 heavy (non-hydrogen) atoms. The van der Waals surface area contributed by atoms with Crippen molar-refractivity contribution in [3.63, 3.8) is 0 Å². The maximum Gasteiger partial charge on any atom is 0.146 e. The molecule has 1 fully saturated rings. The van der Waals surface area contributed by atoms with Crippen molar-refractivity contribution in [2.45, 2.75) is 32.7 Å². The molecule has 0 amide bonds. The number of hydrogen-bond acceptors (Lipinski definition) is 2. The maximum absolute atomic E-state index is 14.4. The number of nitrogens with zero attached hydrogens (tertiary/aromatic N) is 1. The molecule has 1 aliphatic rings. The van der Waals surface area contributed by atoms with Gasteiger partial charge in [0.2, 0.25) is 0 Å². The SMILES string of the molecule is CCCC(C)[C@H](c1cccc(Cl)c1F)N1CCNCC1. The van der Waals surface area contributed by atoms with E-state index < -0.39 is 0 Å². The van der Waals surface area contributed by atoms with Gasteiger partial charge >= 0.3 is 0 Å². The summed E-state index contributed by atoms with van der Waals surface area (Å²) in [6.07, 6.45) is 2.21. The second-order valence-electron chi connectivity index (χ2n) is 5.64. The average molecular weight is 299 g/mol. The molecule has 1 aromatic carbocycles. The van der Waals surface area contributed by atoms with Gasteiger partial charge in [-0.25, -0.2) is 4.39 Å². The van der Waals surface area contributed by atoms with Gasteiger partial charge in [0, 0.05) is 37.8 Å². The van der Waals surface area contributed by atoms with E-state index in [1.165, 1.54) is 0 Å². The third-order valence-electron chi connectivity index (χ3n) is 4.13. The van der Waals surface area contributed by atoms with Crippen molar-refractivity contribution in [1.29, 1.82) is 0 Å². The van der Waals surface area contributed by atoms with Gasteiger partial charge in [0.05, 0.1) is 5.02 Å². The summed E-state index contributed by atoms with van der Waals surface area (Å²) in [5, 5.41) is 3.58. The molecule has 1 aromatic rings. The van der Waals surface area contributed by atoms with Crippen LogP contribution in [0.5, 0.6) is 0 Å². The molecule has 2 atom stereocenters. The van der Waals surface area contributed by atoms with Crippen molar-refractivity contribution in [3.05, 3.63) is 34.6 Å². The molecule has 1 aliphatic heterocycles. The van der Waals surface area contributed by atoms with E-state index in [1.807, 2.05) is 12.1 Å².